The summed E-state index contributed by atoms with van der Waals surface area (Å²) in [6, 6.07) is 0. The third-order valence-electron chi connectivity index (χ3n) is 1.89. The molecule has 0 spiro atoms. The van der Waals surface area contributed by atoms with E-state index in [9.17, 15) is 24.3 Å². The fraction of sp³-hybridized carbons (Fsp3) is 0.636. The van der Waals surface area contributed by atoms with Crippen LogP contribution >= 0.6 is 0 Å². The summed E-state index contributed by atoms with van der Waals surface area (Å²) in [5.74, 6) is -4.82. The lowest BCUT2D eigenvalue weighted by Gasteiger charge is -2.21. The van der Waals surface area contributed by atoms with Crippen molar-refractivity contribution >= 4 is 24.2 Å². The van der Waals surface area contributed by atoms with Gasteiger partial charge in [-0.3, -0.25) is 4.79 Å². The SMILES string of the molecule is CCO.O=CCC(O)C(=O)OCC(O)(CC(=O)O)C(=O)O. The maximum absolute atomic E-state index is 11.0. The van der Waals surface area contributed by atoms with E-state index in [0.29, 0.717) is 0 Å². The lowest BCUT2D eigenvalue weighted by molar-refractivity contribution is -0.179. The van der Waals surface area contributed by atoms with Crippen molar-refractivity contribution in [2.75, 3.05) is 13.2 Å². The number of esters is 1. The van der Waals surface area contributed by atoms with Crippen LogP contribution < -0.4 is 0 Å². The fourth-order valence-electron chi connectivity index (χ4n) is 0.913. The molecule has 10 heteroatoms. The quantitative estimate of drug-likeness (QED) is 0.243. The molecule has 0 aromatic heterocycles. The first kappa shape index (κ1) is 21.3. The van der Waals surface area contributed by atoms with Gasteiger partial charge in [0.25, 0.3) is 0 Å². The van der Waals surface area contributed by atoms with Gasteiger partial charge in [-0.05, 0) is 6.92 Å². The number of aliphatic hydroxyl groups is 3. The number of carboxylic acid groups (broad SMARTS) is 2. The number of aliphatic carboxylic acids is 2. The van der Waals surface area contributed by atoms with Gasteiger partial charge in [-0.25, -0.2) is 9.59 Å². The molecule has 0 rings (SSSR count). The molecular formula is C11H18O10. The Morgan fingerprint density at radius 1 is 1.29 bits per heavy atom. The second kappa shape index (κ2) is 10.7. The van der Waals surface area contributed by atoms with Gasteiger partial charge in [-0.2, -0.15) is 0 Å². The van der Waals surface area contributed by atoms with Gasteiger partial charge in [0.05, 0.1) is 6.42 Å². The van der Waals surface area contributed by atoms with E-state index in [4.69, 9.17) is 20.4 Å². The number of aliphatic hydroxyl groups excluding tert-OH is 2. The van der Waals surface area contributed by atoms with Crippen molar-refractivity contribution in [3.63, 3.8) is 0 Å². The number of carbonyl (C=O) groups is 4. The van der Waals surface area contributed by atoms with Crippen LogP contribution in [-0.2, 0) is 23.9 Å². The first-order valence-corrected chi connectivity index (χ1v) is 5.71. The van der Waals surface area contributed by atoms with Gasteiger partial charge in [0.2, 0.25) is 5.60 Å². The lowest BCUT2D eigenvalue weighted by Crippen LogP contribution is -2.46. The van der Waals surface area contributed by atoms with E-state index < -0.39 is 49.1 Å². The minimum atomic E-state index is -2.79. The largest absolute Gasteiger partial charge is 0.481 e. The molecule has 0 fully saturated rings. The molecule has 0 aliphatic carbocycles. The summed E-state index contributed by atoms with van der Waals surface area (Å²) in [6.07, 6.45) is -3.28. The molecule has 0 bridgehead atoms. The Kier molecular flexibility index (Phi) is 10.8. The Morgan fingerprint density at radius 2 is 1.76 bits per heavy atom. The minimum Gasteiger partial charge on any atom is -0.481 e. The van der Waals surface area contributed by atoms with Crippen molar-refractivity contribution < 1.29 is 49.4 Å². The molecule has 0 aliphatic heterocycles. The van der Waals surface area contributed by atoms with E-state index in [2.05, 4.69) is 4.74 Å². The number of hydrogen-bond donors (Lipinski definition) is 5. The first-order chi connectivity index (χ1) is 9.64. The highest BCUT2D eigenvalue weighted by Gasteiger charge is 2.40. The van der Waals surface area contributed by atoms with Crippen LogP contribution in [0.1, 0.15) is 19.8 Å². The van der Waals surface area contributed by atoms with Crippen molar-refractivity contribution in [2.24, 2.45) is 0 Å². The van der Waals surface area contributed by atoms with Crippen LogP contribution in [0.15, 0.2) is 0 Å². The molecule has 0 saturated carbocycles. The van der Waals surface area contributed by atoms with Crippen LogP contribution in [0.2, 0.25) is 0 Å². The van der Waals surface area contributed by atoms with Crippen molar-refractivity contribution in [3.8, 4) is 0 Å². The second-order valence-corrected chi connectivity index (χ2v) is 3.75. The van der Waals surface area contributed by atoms with Crippen LogP contribution in [-0.4, -0.2) is 74.6 Å². The Bertz CT molecular complexity index is 366. The molecule has 2 unspecified atom stereocenters. The second-order valence-electron chi connectivity index (χ2n) is 3.75. The maximum atomic E-state index is 11.0. The minimum absolute atomic E-state index is 0.243. The van der Waals surface area contributed by atoms with Gasteiger partial charge in [-0.1, -0.05) is 0 Å². The standard InChI is InChI=1S/C9H12O9.C2H6O/c10-2-1-5(11)7(14)18-4-9(17,8(15)16)3-6(12)13;1-2-3/h2,5,11,17H,1,3-4H2,(H,12,13)(H,15,16);3H,2H2,1H3. The van der Waals surface area contributed by atoms with Gasteiger partial charge in [0.15, 0.2) is 6.10 Å². The van der Waals surface area contributed by atoms with Crippen molar-refractivity contribution in [1.82, 2.24) is 0 Å². The number of aldehydes is 1. The van der Waals surface area contributed by atoms with Crippen molar-refractivity contribution in [1.29, 1.82) is 0 Å². The summed E-state index contributed by atoms with van der Waals surface area (Å²) in [5.41, 5.74) is -2.79. The highest BCUT2D eigenvalue weighted by Crippen LogP contribution is 2.12. The highest BCUT2D eigenvalue weighted by atomic mass is 16.6. The monoisotopic (exact) mass is 310 g/mol. The molecule has 5 N–H and O–H groups in total. The Hall–Kier alpha value is -2.04. The molecule has 10 nitrogen and oxygen atoms in total. The Labute approximate surface area is 119 Å². The molecule has 0 heterocycles. The zero-order valence-electron chi connectivity index (χ0n) is 11.3. The molecule has 0 aliphatic rings. The average molecular weight is 310 g/mol. The molecule has 0 aromatic rings. The van der Waals surface area contributed by atoms with E-state index in [1.165, 1.54) is 0 Å². The van der Waals surface area contributed by atoms with E-state index in [1.807, 2.05) is 0 Å². The predicted molar refractivity (Wildman–Crippen MR) is 65.2 cm³/mol. The van der Waals surface area contributed by atoms with Crippen LogP contribution in [0.5, 0.6) is 0 Å². The summed E-state index contributed by atoms with van der Waals surface area (Å²) in [4.78, 5) is 42.0. The van der Waals surface area contributed by atoms with Crippen LogP contribution in [0.4, 0.5) is 0 Å². The van der Waals surface area contributed by atoms with E-state index in [1.54, 1.807) is 6.92 Å². The summed E-state index contributed by atoms with van der Waals surface area (Å²) >= 11 is 0. The summed E-state index contributed by atoms with van der Waals surface area (Å²) in [6.45, 7) is 0.781. The molecule has 0 amide bonds. The summed E-state index contributed by atoms with van der Waals surface area (Å²) in [7, 11) is 0. The molecule has 2 atom stereocenters. The van der Waals surface area contributed by atoms with Gasteiger partial charge < -0.3 is 35.1 Å². The molecule has 122 valence electrons. The van der Waals surface area contributed by atoms with Gasteiger partial charge >= 0.3 is 17.9 Å². The molecular weight excluding hydrogens is 292 g/mol. The van der Waals surface area contributed by atoms with Gasteiger partial charge in [-0.15, -0.1) is 0 Å². The van der Waals surface area contributed by atoms with E-state index >= 15 is 0 Å². The number of rotatable bonds is 8. The van der Waals surface area contributed by atoms with Crippen LogP contribution in [0.25, 0.3) is 0 Å². The van der Waals surface area contributed by atoms with Crippen molar-refractivity contribution in [3.05, 3.63) is 0 Å². The lowest BCUT2D eigenvalue weighted by atomic mass is 10.0. The summed E-state index contributed by atoms with van der Waals surface area (Å²) < 4.78 is 4.24. The zero-order valence-corrected chi connectivity index (χ0v) is 11.3. The molecule has 0 aromatic carbocycles. The fourth-order valence-corrected chi connectivity index (χ4v) is 0.913. The topological polar surface area (TPSA) is 179 Å². The van der Waals surface area contributed by atoms with E-state index in [-0.39, 0.29) is 12.9 Å². The van der Waals surface area contributed by atoms with E-state index in [0.717, 1.165) is 0 Å². The average Bonchev–Trinajstić information content (AvgIpc) is 2.36. The third-order valence-corrected chi connectivity index (χ3v) is 1.89. The van der Waals surface area contributed by atoms with Crippen LogP contribution in [0, 0.1) is 0 Å². The highest BCUT2D eigenvalue weighted by molar-refractivity contribution is 5.84. The summed E-state index contributed by atoms with van der Waals surface area (Å²) in [5, 5.41) is 43.0. The first-order valence-electron chi connectivity index (χ1n) is 5.71. The molecule has 21 heavy (non-hydrogen) atoms. The number of carboxylic acids is 2. The Balaban J connectivity index is 0. The predicted octanol–water partition coefficient (Wildman–Crippen LogP) is -2.23. The maximum Gasteiger partial charge on any atom is 0.339 e. The normalized spacial score (nSPS) is 13.9. The van der Waals surface area contributed by atoms with Gasteiger partial charge in [0.1, 0.15) is 12.9 Å². The molecule has 0 radical (unpaired) electrons. The molecule has 0 saturated heterocycles. The number of ether oxygens (including phenoxy) is 1. The van der Waals surface area contributed by atoms with Crippen molar-refractivity contribution in [2.45, 2.75) is 31.5 Å². The zero-order chi connectivity index (χ0) is 17.1. The van der Waals surface area contributed by atoms with Gasteiger partial charge in [0, 0.05) is 13.0 Å². The Morgan fingerprint density at radius 3 is 2.10 bits per heavy atom. The number of hydrogen-bond acceptors (Lipinski definition) is 8. The smallest absolute Gasteiger partial charge is 0.339 e. The number of carbonyl (C=O) groups excluding carboxylic acids is 2. The third kappa shape index (κ3) is 9.49. The van der Waals surface area contributed by atoms with Crippen LogP contribution in [0.3, 0.4) is 0 Å².